The van der Waals surface area contributed by atoms with Crippen LogP contribution in [0.1, 0.15) is 43.0 Å². The molecular formula is C25H24N6O2. The molecule has 0 spiro atoms. The van der Waals surface area contributed by atoms with Gasteiger partial charge in [-0.25, -0.2) is 15.0 Å². The second-order valence-corrected chi connectivity index (χ2v) is 8.22. The van der Waals surface area contributed by atoms with Gasteiger partial charge in [0.15, 0.2) is 0 Å². The molecule has 166 valence electrons. The molecule has 1 unspecified atom stereocenters. The number of rotatable bonds is 6. The number of aromatic nitrogens is 5. The molecule has 3 heterocycles. The van der Waals surface area contributed by atoms with Gasteiger partial charge in [-0.3, -0.25) is 9.89 Å². The van der Waals surface area contributed by atoms with E-state index in [2.05, 4.69) is 30.5 Å². The number of benzene rings is 2. The van der Waals surface area contributed by atoms with Crippen molar-refractivity contribution in [3.8, 4) is 17.1 Å². The summed E-state index contributed by atoms with van der Waals surface area (Å²) in [6.07, 6.45) is 1.83. The third-order valence-corrected chi connectivity index (χ3v) is 5.39. The molecule has 0 aliphatic rings. The predicted octanol–water partition coefficient (Wildman–Crippen LogP) is 4.78. The Balaban J connectivity index is 1.43. The first kappa shape index (κ1) is 20.7. The lowest BCUT2D eigenvalue weighted by atomic mass is 10.1. The second-order valence-electron chi connectivity index (χ2n) is 8.22. The lowest BCUT2D eigenvalue weighted by Crippen LogP contribution is -2.27. The van der Waals surface area contributed by atoms with Gasteiger partial charge in [0.2, 0.25) is 11.7 Å². The van der Waals surface area contributed by atoms with Crippen LogP contribution in [0, 0.1) is 0 Å². The average molecular weight is 441 g/mol. The number of amides is 1. The molecular weight excluding hydrogens is 416 g/mol. The standard InChI is InChI=1S/C25H24N6O2/c1-14(2)33-22-10-9-17(13-26-22)23-18-11-20-21(12-19(18)30-31-23)29-24(28-20)25(32)27-15(3)16-7-5-4-6-8-16/h4-15,30-31H,1-3H3,(H,27,32). The molecule has 0 aliphatic heterocycles. The zero-order valence-electron chi connectivity index (χ0n) is 18.6. The van der Waals surface area contributed by atoms with Gasteiger partial charge in [0.1, 0.15) is 0 Å². The number of hydrogen-bond acceptors (Lipinski definition) is 5. The Hall–Kier alpha value is -4.20. The fourth-order valence-electron chi connectivity index (χ4n) is 3.77. The highest BCUT2D eigenvalue weighted by Gasteiger charge is 2.18. The van der Waals surface area contributed by atoms with Crippen LogP contribution in [0.5, 0.6) is 5.88 Å². The van der Waals surface area contributed by atoms with E-state index in [-0.39, 0.29) is 23.9 Å². The summed E-state index contributed by atoms with van der Waals surface area (Å²) in [6.45, 7) is 5.87. The highest BCUT2D eigenvalue weighted by atomic mass is 16.5. The average Bonchev–Trinajstić information content (AvgIpc) is 3.42. The topological polar surface area (TPSA) is 109 Å². The van der Waals surface area contributed by atoms with Crippen molar-refractivity contribution >= 4 is 27.8 Å². The van der Waals surface area contributed by atoms with Crippen molar-refractivity contribution in [3.05, 3.63) is 72.2 Å². The molecule has 1 atom stereocenters. The summed E-state index contributed by atoms with van der Waals surface area (Å²) >= 11 is 0. The first-order chi connectivity index (χ1) is 16.0. The zero-order valence-corrected chi connectivity index (χ0v) is 18.6. The molecule has 5 aromatic rings. The number of fused-ring (bicyclic) bond motifs is 2. The van der Waals surface area contributed by atoms with Gasteiger partial charge in [-0.1, -0.05) is 30.3 Å². The molecule has 0 saturated heterocycles. The van der Waals surface area contributed by atoms with Crippen molar-refractivity contribution in [2.24, 2.45) is 0 Å². The normalized spacial score (nSPS) is 12.4. The van der Waals surface area contributed by atoms with Gasteiger partial charge in [0.25, 0.3) is 5.91 Å². The number of hydrogen-bond donors (Lipinski definition) is 3. The molecule has 0 radical (unpaired) electrons. The Kier molecular flexibility index (Phi) is 5.26. The zero-order chi connectivity index (χ0) is 22.9. The summed E-state index contributed by atoms with van der Waals surface area (Å²) in [5.41, 5.74) is 4.98. The van der Waals surface area contributed by atoms with E-state index in [0.717, 1.165) is 27.7 Å². The van der Waals surface area contributed by atoms with Crippen molar-refractivity contribution in [2.45, 2.75) is 32.9 Å². The summed E-state index contributed by atoms with van der Waals surface area (Å²) in [7, 11) is 0. The van der Waals surface area contributed by atoms with Crippen LogP contribution in [0.3, 0.4) is 0 Å². The first-order valence-corrected chi connectivity index (χ1v) is 10.8. The van der Waals surface area contributed by atoms with Crippen LogP contribution >= 0.6 is 0 Å². The largest absolute Gasteiger partial charge is 0.475 e. The number of nitrogens with one attached hydrogen (secondary N) is 3. The van der Waals surface area contributed by atoms with Gasteiger partial charge in [0, 0.05) is 23.2 Å². The molecule has 3 N–H and O–H groups in total. The summed E-state index contributed by atoms with van der Waals surface area (Å²) in [4.78, 5) is 26.1. The van der Waals surface area contributed by atoms with Crippen molar-refractivity contribution in [1.29, 1.82) is 0 Å². The van der Waals surface area contributed by atoms with Crippen LogP contribution in [0.4, 0.5) is 0 Å². The number of pyridine rings is 1. The van der Waals surface area contributed by atoms with Gasteiger partial charge in [-0.15, -0.1) is 0 Å². The highest BCUT2D eigenvalue weighted by molar-refractivity contribution is 6.02. The smallest absolute Gasteiger partial charge is 0.289 e. The third-order valence-electron chi connectivity index (χ3n) is 5.39. The number of nitrogens with zero attached hydrogens (tertiary/aromatic N) is 3. The van der Waals surface area contributed by atoms with Crippen LogP contribution in [-0.2, 0) is 0 Å². The van der Waals surface area contributed by atoms with Gasteiger partial charge in [-0.05, 0) is 44.5 Å². The minimum Gasteiger partial charge on any atom is -0.475 e. The van der Waals surface area contributed by atoms with Gasteiger partial charge in [0.05, 0.1) is 34.4 Å². The Morgan fingerprint density at radius 2 is 1.73 bits per heavy atom. The van der Waals surface area contributed by atoms with Gasteiger partial charge in [-0.2, -0.15) is 0 Å². The maximum absolute atomic E-state index is 12.8. The number of carbonyl (C=O) groups excluding carboxylic acids is 1. The van der Waals surface area contributed by atoms with E-state index < -0.39 is 0 Å². The van der Waals surface area contributed by atoms with Crippen molar-refractivity contribution in [2.75, 3.05) is 0 Å². The maximum atomic E-state index is 12.8. The van der Waals surface area contributed by atoms with Crippen molar-refractivity contribution in [3.63, 3.8) is 0 Å². The minimum absolute atomic E-state index is 0.0641. The molecule has 0 fully saturated rings. The fourth-order valence-corrected chi connectivity index (χ4v) is 3.77. The number of aromatic amines is 2. The molecule has 5 rings (SSSR count). The third kappa shape index (κ3) is 4.15. The van der Waals surface area contributed by atoms with E-state index in [9.17, 15) is 4.79 Å². The summed E-state index contributed by atoms with van der Waals surface area (Å²) < 4.78 is 5.63. The molecule has 0 bridgehead atoms. The number of carbonyl (C=O) groups is 1. The molecule has 0 aliphatic carbocycles. The SMILES string of the molecule is CC(C)Oc1ccc(-c2[nH][nH]c3cc4nc(C(=O)NC(C)c5ccccc5)nc4cc23)cn1. The first-order valence-electron chi connectivity index (χ1n) is 10.8. The number of imidazole rings is 1. The quantitative estimate of drug-likeness (QED) is 0.352. The van der Waals surface area contributed by atoms with Crippen LogP contribution in [0.25, 0.3) is 33.2 Å². The van der Waals surface area contributed by atoms with Crippen LogP contribution in [-0.4, -0.2) is 37.2 Å². The monoisotopic (exact) mass is 440 g/mol. The molecule has 33 heavy (non-hydrogen) atoms. The van der Waals surface area contributed by atoms with E-state index in [1.165, 1.54) is 0 Å². The summed E-state index contributed by atoms with van der Waals surface area (Å²) in [5.74, 6) is 0.434. The van der Waals surface area contributed by atoms with E-state index in [1.807, 2.05) is 75.4 Å². The molecule has 3 aromatic heterocycles. The molecule has 8 nitrogen and oxygen atoms in total. The Morgan fingerprint density at radius 1 is 0.970 bits per heavy atom. The van der Waals surface area contributed by atoms with E-state index >= 15 is 0 Å². The summed E-state index contributed by atoms with van der Waals surface area (Å²) in [6, 6.07) is 17.3. The van der Waals surface area contributed by atoms with Gasteiger partial charge < -0.3 is 15.2 Å². The lowest BCUT2D eigenvalue weighted by molar-refractivity contribution is 0.0930. The summed E-state index contributed by atoms with van der Waals surface area (Å²) in [5, 5.41) is 10.3. The van der Waals surface area contributed by atoms with Crippen LogP contribution < -0.4 is 10.1 Å². The molecule has 8 heteroatoms. The minimum atomic E-state index is -0.303. The Morgan fingerprint density at radius 3 is 2.42 bits per heavy atom. The number of H-pyrrole nitrogens is 2. The van der Waals surface area contributed by atoms with E-state index in [1.54, 1.807) is 6.20 Å². The van der Waals surface area contributed by atoms with Crippen LogP contribution in [0.2, 0.25) is 0 Å². The van der Waals surface area contributed by atoms with Crippen LogP contribution in [0.15, 0.2) is 60.8 Å². The molecule has 0 saturated carbocycles. The van der Waals surface area contributed by atoms with E-state index in [4.69, 9.17) is 4.74 Å². The molecule has 1 amide bonds. The fraction of sp³-hybridized carbons (Fsp3) is 0.200. The molecule has 2 aromatic carbocycles. The maximum Gasteiger partial charge on any atom is 0.289 e. The second kappa shape index (κ2) is 8.38. The number of ether oxygens (including phenoxy) is 1. The lowest BCUT2D eigenvalue weighted by Gasteiger charge is -2.12. The highest BCUT2D eigenvalue weighted by Crippen LogP contribution is 2.29. The van der Waals surface area contributed by atoms with E-state index in [0.29, 0.717) is 16.9 Å². The predicted molar refractivity (Wildman–Crippen MR) is 127 cm³/mol. The van der Waals surface area contributed by atoms with Gasteiger partial charge >= 0.3 is 0 Å². The van der Waals surface area contributed by atoms with Crippen molar-refractivity contribution in [1.82, 2.24) is 30.5 Å². The Bertz CT molecular complexity index is 1420. The van der Waals surface area contributed by atoms with Crippen molar-refractivity contribution < 1.29 is 9.53 Å². The Labute approximate surface area is 190 Å².